The van der Waals surface area contributed by atoms with Gasteiger partial charge in [-0.3, -0.25) is 14.9 Å². The number of hydrogen-bond acceptors (Lipinski definition) is 4. The van der Waals surface area contributed by atoms with Crippen molar-refractivity contribution in [2.75, 3.05) is 5.32 Å². The molecule has 0 saturated carbocycles. The quantitative estimate of drug-likeness (QED) is 0.690. The maximum atomic E-state index is 12.4. The molecule has 6 nitrogen and oxygen atoms in total. The SMILES string of the molecule is Cc1cc(NC(=O)c2ccc(C(F)(F)F)cc2)ncc1[N+](=O)[O-]. The van der Waals surface area contributed by atoms with Crippen LogP contribution in [-0.4, -0.2) is 15.8 Å². The number of benzene rings is 1. The van der Waals surface area contributed by atoms with E-state index in [1.165, 1.54) is 13.0 Å². The number of carbonyl (C=O) groups excluding carboxylic acids is 1. The van der Waals surface area contributed by atoms with E-state index < -0.39 is 22.6 Å². The van der Waals surface area contributed by atoms with Gasteiger partial charge in [-0.05, 0) is 37.3 Å². The van der Waals surface area contributed by atoms with Gasteiger partial charge in [0.15, 0.2) is 0 Å². The number of aromatic nitrogens is 1. The fourth-order valence-electron chi connectivity index (χ4n) is 1.81. The molecule has 0 aliphatic rings. The molecule has 2 aromatic rings. The van der Waals surface area contributed by atoms with Gasteiger partial charge in [-0.25, -0.2) is 4.98 Å². The summed E-state index contributed by atoms with van der Waals surface area (Å²) in [7, 11) is 0. The van der Waals surface area contributed by atoms with Gasteiger partial charge in [0.2, 0.25) is 0 Å². The smallest absolute Gasteiger partial charge is 0.307 e. The first-order valence-electron chi connectivity index (χ1n) is 6.28. The minimum absolute atomic E-state index is 0.0100. The Bertz CT molecular complexity index is 758. The van der Waals surface area contributed by atoms with Crippen LogP contribution in [0.15, 0.2) is 36.5 Å². The van der Waals surface area contributed by atoms with Crippen LogP contribution in [0, 0.1) is 17.0 Å². The summed E-state index contributed by atoms with van der Waals surface area (Å²) in [4.78, 5) is 25.7. The number of nitrogens with zero attached hydrogens (tertiary/aromatic N) is 2. The van der Waals surface area contributed by atoms with E-state index in [4.69, 9.17) is 0 Å². The van der Waals surface area contributed by atoms with E-state index in [1.807, 2.05) is 0 Å². The number of carbonyl (C=O) groups is 1. The molecule has 0 radical (unpaired) electrons. The van der Waals surface area contributed by atoms with E-state index in [9.17, 15) is 28.1 Å². The number of amides is 1. The normalized spacial score (nSPS) is 11.1. The lowest BCUT2D eigenvalue weighted by Gasteiger charge is -2.08. The van der Waals surface area contributed by atoms with Crippen molar-refractivity contribution in [3.05, 3.63) is 63.3 Å². The number of alkyl halides is 3. The van der Waals surface area contributed by atoms with E-state index in [-0.39, 0.29) is 17.1 Å². The van der Waals surface area contributed by atoms with Crippen LogP contribution in [0.4, 0.5) is 24.7 Å². The molecule has 120 valence electrons. The van der Waals surface area contributed by atoms with Crippen LogP contribution in [0.1, 0.15) is 21.5 Å². The van der Waals surface area contributed by atoms with Crippen molar-refractivity contribution in [2.24, 2.45) is 0 Å². The number of halogens is 3. The van der Waals surface area contributed by atoms with E-state index in [2.05, 4.69) is 10.3 Å². The molecule has 0 fully saturated rings. The molecule has 0 atom stereocenters. The molecular weight excluding hydrogens is 315 g/mol. The zero-order chi connectivity index (χ0) is 17.2. The summed E-state index contributed by atoms with van der Waals surface area (Å²) in [6, 6.07) is 4.97. The molecule has 0 spiro atoms. The second-order valence-corrected chi connectivity index (χ2v) is 4.64. The summed E-state index contributed by atoms with van der Waals surface area (Å²) >= 11 is 0. The Morgan fingerprint density at radius 1 is 1.26 bits per heavy atom. The van der Waals surface area contributed by atoms with Crippen LogP contribution in [-0.2, 0) is 6.18 Å². The van der Waals surface area contributed by atoms with Crippen molar-refractivity contribution in [1.29, 1.82) is 0 Å². The minimum atomic E-state index is -4.48. The molecule has 1 heterocycles. The van der Waals surface area contributed by atoms with Gasteiger partial charge in [0, 0.05) is 11.1 Å². The van der Waals surface area contributed by atoms with Gasteiger partial charge in [-0.1, -0.05) is 0 Å². The first-order chi connectivity index (χ1) is 10.7. The number of anilines is 1. The summed E-state index contributed by atoms with van der Waals surface area (Å²) in [5.41, 5.74) is -0.751. The first-order valence-corrected chi connectivity index (χ1v) is 6.28. The average Bonchev–Trinajstić information content (AvgIpc) is 2.46. The molecule has 9 heteroatoms. The lowest BCUT2D eigenvalue weighted by atomic mass is 10.1. The number of aryl methyl sites for hydroxylation is 1. The summed E-state index contributed by atoms with van der Waals surface area (Å²) in [5, 5.41) is 13.0. The fraction of sp³-hybridized carbons (Fsp3) is 0.143. The van der Waals surface area contributed by atoms with Gasteiger partial charge in [0.05, 0.1) is 10.5 Å². The number of hydrogen-bond donors (Lipinski definition) is 1. The highest BCUT2D eigenvalue weighted by atomic mass is 19.4. The lowest BCUT2D eigenvalue weighted by Crippen LogP contribution is -2.14. The molecule has 1 amide bonds. The Kier molecular flexibility index (Phi) is 4.30. The van der Waals surface area contributed by atoms with Crippen molar-refractivity contribution in [3.8, 4) is 0 Å². The summed E-state index contributed by atoms with van der Waals surface area (Å²) in [6.07, 6.45) is -3.48. The highest BCUT2D eigenvalue weighted by molar-refractivity contribution is 6.03. The summed E-state index contributed by atoms with van der Waals surface area (Å²) in [6.45, 7) is 1.48. The van der Waals surface area contributed by atoms with Crippen LogP contribution in [0.5, 0.6) is 0 Å². The van der Waals surface area contributed by atoms with E-state index in [0.29, 0.717) is 5.56 Å². The number of rotatable bonds is 3. The molecule has 0 saturated heterocycles. The monoisotopic (exact) mass is 325 g/mol. The zero-order valence-electron chi connectivity index (χ0n) is 11.7. The van der Waals surface area contributed by atoms with Gasteiger partial charge in [0.25, 0.3) is 11.6 Å². The Hall–Kier alpha value is -2.97. The Balaban J connectivity index is 2.16. The van der Waals surface area contributed by atoms with Crippen molar-refractivity contribution >= 4 is 17.4 Å². The largest absolute Gasteiger partial charge is 0.416 e. The van der Waals surface area contributed by atoms with Crippen molar-refractivity contribution < 1.29 is 22.9 Å². The predicted molar refractivity (Wildman–Crippen MR) is 75.0 cm³/mol. The zero-order valence-corrected chi connectivity index (χ0v) is 11.7. The van der Waals surface area contributed by atoms with Gasteiger partial charge in [-0.2, -0.15) is 13.2 Å². The van der Waals surface area contributed by atoms with Crippen LogP contribution in [0.3, 0.4) is 0 Å². The van der Waals surface area contributed by atoms with Gasteiger partial charge >= 0.3 is 6.18 Å². The molecule has 0 bridgehead atoms. The molecule has 1 N–H and O–H groups in total. The number of nitro groups is 1. The van der Waals surface area contributed by atoms with Gasteiger partial charge in [0.1, 0.15) is 12.0 Å². The number of nitrogens with one attached hydrogen (secondary N) is 1. The van der Waals surface area contributed by atoms with E-state index in [1.54, 1.807) is 0 Å². The standard InChI is InChI=1S/C14H10F3N3O3/c1-8-6-12(18-7-11(8)20(22)23)19-13(21)9-2-4-10(5-3-9)14(15,16)17/h2-7H,1H3,(H,18,19,21). The van der Waals surface area contributed by atoms with Crippen LogP contribution < -0.4 is 5.32 Å². The van der Waals surface area contributed by atoms with Crippen molar-refractivity contribution in [1.82, 2.24) is 4.98 Å². The maximum Gasteiger partial charge on any atom is 0.416 e. The Morgan fingerprint density at radius 2 is 1.87 bits per heavy atom. The molecule has 0 aliphatic carbocycles. The number of pyridine rings is 1. The molecule has 0 aliphatic heterocycles. The molecule has 23 heavy (non-hydrogen) atoms. The van der Waals surface area contributed by atoms with E-state index in [0.717, 1.165) is 30.5 Å². The lowest BCUT2D eigenvalue weighted by molar-refractivity contribution is -0.385. The van der Waals surface area contributed by atoms with E-state index >= 15 is 0 Å². The molecule has 1 aromatic carbocycles. The molecule has 2 rings (SSSR count). The Labute approximate surface area is 128 Å². The highest BCUT2D eigenvalue weighted by Gasteiger charge is 2.30. The van der Waals surface area contributed by atoms with Crippen molar-refractivity contribution in [3.63, 3.8) is 0 Å². The second kappa shape index (κ2) is 6.03. The minimum Gasteiger partial charge on any atom is -0.307 e. The topological polar surface area (TPSA) is 85.1 Å². The third kappa shape index (κ3) is 3.82. The van der Waals surface area contributed by atoms with Crippen LogP contribution in [0.2, 0.25) is 0 Å². The molecule has 1 aromatic heterocycles. The Morgan fingerprint density at radius 3 is 2.35 bits per heavy atom. The van der Waals surface area contributed by atoms with Gasteiger partial charge < -0.3 is 5.32 Å². The summed E-state index contributed by atoms with van der Waals surface area (Å²) in [5.74, 6) is -0.600. The van der Waals surface area contributed by atoms with Gasteiger partial charge in [-0.15, -0.1) is 0 Å². The highest BCUT2D eigenvalue weighted by Crippen LogP contribution is 2.29. The summed E-state index contributed by atoms with van der Waals surface area (Å²) < 4.78 is 37.3. The molecular formula is C14H10F3N3O3. The van der Waals surface area contributed by atoms with Crippen LogP contribution >= 0.6 is 0 Å². The fourth-order valence-corrected chi connectivity index (χ4v) is 1.81. The average molecular weight is 325 g/mol. The first kappa shape index (κ1) is 16.4. The molecule has 0 unspecified atom stereocenters. The second-order valence-electron chi connectivity index (χ2n) is 4.64. The predicted octanol–water partition coefficient (Wildman–Crippen LogP) is 3.57. The third-order valence-electron chi connectivity index (χ3n) is 3.00. The van der Waals surface area contributed by atoms with Crippen molar-refractivity contribution in [2.45, 2.75) is 13.1 Å². The third-order valence-corrected chi connectivity index (χ3v) is 3.00. The maximum absolute atomic E-state index is 12.4. The van der Waals surface area contributed by atoms with Crippen LogP contribution in [0.25, 0.3) is 0 Å².